The number of amides is 2. The van der Waals surface area contributed by atoms with Gasteiger partial charge in [-0.2, -0.15) is 0 Å². The van der Waals surface area contributed by atoms with Crippen molar-refractivity contribution >= 4 is 34.8 Å². The van der Waals surface area contributed by atoms with Gasteiger partial charge in [0.1, 0.15) is 27.6 Å². The van der Waals surface area contributed by atoms with Crippen LogP contribution < -0.4 is 15.4 Å². The normalized spacial score (nSPS) is 25.2. The number of ether oxygens (including phenoxy) is 1. The Morgan fingerprint density at radius 3 is 2.41 bits per heavy atom. The fourth-order valence-electron chi connectivity index (χ4n) is 4.50. The number of fused-ring (bicyclic) bond motifs is 3. The highest BCUT2D eigenvalue weighted by Gasteiger charge is 2.50. The van der Waals surface area contributed by atoms with Crippen LogP contribution in [0.1, 0.15) is 66.2 Å². The molecule has 0 saturated heterocycles. The molecule has 2 bridgehead atoms. The Kier molecular flexibility index (Phi) is 6.42. The summed E-state index contributed by atoms with van der Waals surface area (Å²) in [6.45, 7) is 1.41. The molecule has 3 saturated carbocycles. The number of aromatic nitrogens is 1. The highest BCUT2D eigenvalue weighted by Crippen LogP contribution is 2.47. The van der Waals surface area contributed by atoms with E-state index in [1.54, 1.807) is 6.92 Å². The number of aliphatic hydroxyl groups is 1. The maximum atomic E-state index is 13.5. The molecule has 0 aliphatic heterocycles. The molecule has 1 unspecified atom stereocenters. The van der Waals surface area contributed by atoms with Gasteiger partial charge >= 0.3 is 0 Å². The summed E-state index contributed by atoms with van der Waals surface area (Å²) in [6.07, 6.45) is 5.39. The third kappa shape index (κ3) is 4.89. The predicted octanol–water partition coefficient (Wildman–Crippen LogP) is 3.76. The minimum absolute atomic E-state index is 0.000543. The first-order chi connectivity index (χ1) is 15.2. The van der Waals surface area contributed by atoms with Crippen LogP contribution in [0.25, 0.3) is 0 Å². The molecule has 1 heterocycles. The second kappa shape index (κ2) is 8.96. The van der Waals surface area contributed by atoms with Crippen LogP contribution in [0, 0.1) is 5.82 Å². The summed E-state index contributed by atoms with van der Waals surface area (Å²) in [7, 11) is 0. The van der Waals surface area contributed by atoms with E-state index >= 15 is 0 Å². The number of hydrogen-bond acceptors (Lipinski definition) is 6. The Bertz CT molecular complexity index is 1000. The molecule has 32 heavy (non-hydrogen) atoms. The number of benzene rings is 1. The molecule has 0 radical (unpaired) electrons. The SMILES string of the molecule is CC(O)c1ncc(C(=O)NC23CCC(NC(=O)COc4ccc(Cl)c(F)c4)(CC2)CC3)s1. The van der Waals surface area contributed by atoms with Gasteiger partial charge in [0.25, 0.3) is 11.8 Å². The molecular formula is C22H25ClFN3O4S. The molecular weight excluding hydrogens is 457 g/mol. The number of nitrogens with zero attached hydrogens (tertiary/aromatic N) is 1. The molecule has 0 spiro atoms. The molecule has 172 valence electrons. The number of hydrogen-bond donors (Lipinski definition) is 3. The highest BCUT2D eigenvalue weighted by atomic mass is 35.5. The molecule has 2 amide bonds. The maximum absolute atomic E-state index is 13.5. The second-order valence-electron chi connectivity index (χ2n) is 8.67. The molecule has 2 aromatic rings. The molecule has 1 aromatic carbocycles. The summed E-state index contributed by atoms with van der Waals surface area (Å²) in [5.41, 5.74) is -0.585. The molecule has 10 heteroatoms. The summed E-state index contributed by atoms with van der Waals surface area (Å²) in [6, 6.07) is 4.05. The number of thiazole rings is 1. The van der Waals surface area contributed by atoms with Crippen LogP contribution in [0.5, 0.6) is 5.75 Å². The zero-order chi connectivity index (χ0) is 22.9. The lowest BCUT2D eigenvalue weighted by atomic mass is 9.61. The Balaban J connectivity index is 1.29. The first kappa shape index (κ1) is 22.9. The summed E-state index contributed by atoms with van der Waals surface area (Å²) in [5, 5.41) is 16.4. The van der Waals surface area contributed by atoms with E-state index in [0.717, 1.165) is 44.6 Å². The third-order valence-electron chi connectivity index (χ3n) is 6.40. The van der Waals surface area contributed by atoms with Crippen LogP contribution in [-0.4, -0.2) is 39.6 Å². The van der Waals surface area contributed by atoms with Crippen molar-refractivity contribution in [2.45, 2.75) is 62.6 Å². The van der Waals surface area contributed by atoms with E-state index in [4.69, 9.17) is 16.3 Å². The largest absolute Gasteiger partial charge is 0.484 e. The summed E-state index contributed by atoms with van der Waals surface area (Å²) in [4.78, 5) is 29.8. The number of rotatable bonds is 7. The van der Waals surface area contributed by atoms with E-state index in [1.807, 2.05) is 0 Å². The van der Waals surface area contributed by atoms with Gasteiger partial charge in [-0.05, 0) is 57.6 Å². The van der Waals surface area contributed by atoms with Crippen molar-refractivity contribution in [3.05, 3.63) is 45.1 Å². The van der Waals surface area contributed by atoms with Crippen LogP contribution in [0.3, 0.4) is 0 Å². The second-order valence-corrected chi connectivity index (χ2v) is 10.1. The Morgan fingerprint density at radius 1 is 1.22 bits per heavy atom. The van der Waals surface area contributed by atoms with Crippen molar-refractivity contribution in [2.24, 2.45) is 0 Å². The van der Waals surface area contributed by atoms with E-state index in [0.29, 0.717) is 9.88 Å². The standard InChI is InChI=1S/C22H25ClFN3O4S/c1-13(28)20-25-11-17(32-20)19(30)27-22-7-4-21(5-8-22,6-9-22)26-18(29)12-31-14-2-3-15(23)16(24)10-14/h2-3,10-11,13,28H,4-9,12H2,1H3,(H,26,29)(H,27,30). The fourth-order valence-corrected chi connectivity index (χ4v) is 5.36. The van der Waals surface area contributed by atoms with Crippen molar-refractivity contribution < 1.29 is 23.8 Å². The van der Waals surface area contributed by atoms with Crippen LogP contribution in [0.15, 0.2) is 24.4 Å². The quantitative estimate of drug-likeness (QED) is 0.559. The molecule has 3 fully saturated rings. The first-order valence-corrected chi connectivity index (χ1v) is 11.7. The van der Waals surface area contributed by atoms with E-state index < -0.39 is 11.9 Å². The average molecular weight is 482 g/mol. The molecule has 1 aromatic heterocycles. The highest BCUT2D eigenvalue weighted by molar-refractivity contribution is 7.13. The van der Waals surface area contributed by atoms with Gasteiger partial charge in [0.15, 0.2) is 6.61 Å². The molecule has 3 aliphatic carbocycles. The minimum atomic E-state index is -0.698. The topological polar surface area (TPSA) is 101 Å². The van der Waals surface area contributed by atoms with Gasteiger partial charge in [-0.3, -0.25) is 9.59 Å². The van der Waals surface area contributed by atoms with Gasteiger partial charge in [-0.15, -0.1) is 11.3 Å². The minimum Gasteiger partial charge on any atom is -0.484 e. The number of carbonyl (C=O) groups is 2. The van der Waals surface area contributed by atoms with E-state index in [9.17, 15) is 19.1 Å². The number of carbonyl (C=O) groups excluding carboxylic acids is 2. The van der Waals surface area contributed by atoms with Crippen molar-refractivity contribution in [3.63, 3.8) is 0 Å². The van der Waals surface area contributed by atoms with Gasteiger partial charge in [0.2, 0.25) is 0 Å². The summed E-state index contributed by atoms with van der Waals surface area (Å²) < 4.78 is 18.9. The summed E-state index contributed by atoms with van der Waals surface area (Å²) >= 11 is 6.85. The Hall–Kier alpha value is -2.23. The lowest BCUT2D eigenvalue weighted by Crippen LogP contribution is -2.64. The maximum Gasteiger partial charge on any atom is 0.263 e. The van der Waals surface area contributed by atoms with Crippen LogP contribution in [-0.2, 0) is 4.79 Å². The number of nitrogens with one attached hydrogen (secondary N) is 2. The van der Waals surface area contributed by atoms with E-state index in [-0.39, 0.29) is 40.3 Å². The lowest BCUT2D eigenvalue weighted by Gasteiger charge is -2.53. The predicted molar refractivity (Wildman–Crippen MR) is 118 cm³/mol. The Morgan fingerprint density at radius 2 is 1.84 bits per heavy atom. The number of aliphatic hydroxyl groups excluding tert-OH is 1. The summed E-state index contributed by atoms with van der Waals surface area (Å²) in [5.74, 6) is -0.775. The molecule has 3 aliphatic rings. The molecule has 1 atom stereocenters. The van der Waals surface area contributed by atoms with Gasteiger partial charge in [-0.1, -0.05) is 11.6 Å². The van der Waals surface area contributed by atoms with Crippen molar-refractivity contribution in [3.8, 4) is 5.75 Å². The smallest absolute Gasteiger partial charge is 0.263 e. The van der Waals surface area contributed by atoms with Crippen LogP contribution in [0.4, 0.5) is 4.39 Å². The van der Waals surface area contributed by atoms with Crippen molar-refractivity contribution in [1.29, 1.82) is 0 Å². The van der Waals surface area contributed by atoms with Gasteiger partial charge in [0, 0.05) is 17.1 Å². The Labute approximate surface area is 194 Å². The van der Waals surface area contributed by atoms with Gasteiger partial charge in [0.05, 0.1) is 11.2 Å². The van der Waals surface area contributed by atoms with Crippen molar-refractivity contribution in [2.75, 3.05) is 6.61 Å². The fraction of sp³-hybridized carbons (Fsp3) is 0.500. The van der Waals surface area contributed by atoms with Crippen molar-refractivity contribution in [1.82, 2.24) is 15.6 Å². The average Bonchev–Trinajstić information content (AvgIpc) is 3.27. The van der Waals surface area contributed by atoms with E-state index in [2.05, 4.69) is 15.6 Å². The lowest BCUT2D eigenvalue weighted by molar-refractivity contribution is -0.126. The van der Waals surface area contributed by atoms with Gasteiger partial charge in [-0.25, -0.2) is 9.37 Å². The van der Waals surface area contributed by atoms with E-state index in [1.165, 1.54) is 29.7 Å². The third-order valence-corrected chi connectivity index (χ3v) is 7.87. The zero-order valence-corrected chi connectivity index (χ0v) is 19.2. The monoisotopic (exact) mass is 481 g/mol. The molecule has 5 rings (SSSR count). The van der Waals surface area contributed by atoms with Gasteiger partial charge < -0.3 is 20.5 Å². The molecule has 3 N–H and O–H groups in total. The number of halogens is 2. The zero-order valence-electron chi connectivity index (χ0n) is 17.6. The van der Waals surface area contributed by atoms with Crippen LogP contribution in [0.2, 0.25) is 5.02 Å². The van der Waals surface area contributed by atoms with Crippen LogP contribution >= 0.6 is 22.9 Å². The first-order valence-electron chi connectivity index (χ1n) is 10.5. The molecule has 7 nitrogen and oxygen atoms in total.